The van der Waals surface area contributed by atoms with Crippen LogP contribution in [0.15, 0.2) is 0 Å². The third-order valence-electron chi connectivity index (χ3n) is 5.50. The summed E-state index contributed by atoms with van der Waals surface area (Å²) in [5.74, 6) is 0.285. The molecule has 0 N–H and O–H groups in total. The Labute approximate surface area is 166 Å². The van der Waals surface area contributed by atoms with Crippen LogP contribution in [-0.2, 0) is 19.1 Å². The number of hydrogen-bond donors (Lipinski definition) is 0. The highest BCUT2D eigenvalue weighted by Gasteiger charge is 2.32. The van der Waals surface area contributed by atoms with Crippen molar-refractivity contribution in [1.82, 2.24) is 0 Å². The fraction of sp³-hybridized carbons (Fsp3) is 0.913. The van der Waals surface area contributed by atoms with Crippen molar-refractivity contribution in [3.05, 3.63) is 0 Å². The van der Waals surface area contributed by atoms with E-state index in [2.05, 4.69) is 20.8 Å². The van der Waals surface area contributed by atoms with Gasteiger partial charge in [0.15, 0.2) is 0 Å². The van der Waals surface area contributed by atoms with Crippen LogP contribution in [0.5, 0.6) is 0 Å². The molecule has 0 aromatic carbocycles. The van der Waals surface area contributed by atoms with Crippen LogP contribution >= 0.6 is 0 Å². The fourth-order valence-electron chi connectivity index (χ4n) is 3.74. The van der Waals surface area contributed by atoms with E-state index in [1.807, 2.05) is 0 Å². The molecule has 0 heterocycles. The predicted octanol–water partition coefficient (Wildman–Crippen LogP) is 6.07. The van der Waals surface area contributed by atoms with Gasteiger partial charge in [-0.2, -0.15) is 0 Å². The summed E-state index contributed by atoms with van der Waals surface area (Å²) < 4.78 is 10.9. The van der Waals surface area contributed by atoms with E-state index in [1.165, 1.54) is 32.1 Å². The molecular weight excluding hydrogens is 340 g/mol. The molecule has 0 amide bonds. The molecule has 158 valence electrons. The maximum absolute atomic E-state index is 12.3. The number of esters is 2. The SMILES string of the molecule is CCCCCCOC(=O)C1CCCC(C(=O)OCCCCCCC(C)C)C1. The Hall–Kier alpha value is -1.06. The Bertz CT molecular complexity index is 405. The minimum atomic E-state index is -0.127. The van der Waals surface area contributed by atoms with Crippen molar-refractivity contribution in [3.8, 4) is 0 Å². The Morgan fingerprint density at radius 2 is 1.33 bits per heavy atom. The van der Waals surface area contributed by atoms with Gasteiger partial charge in [0.05, 0.1) is 25.0 Å². The van der Waals surface area contributed by atoms with Crippen molar-refractivity contribution >= 4 is 11.9 Å². The second-order valence-corrected chi connectivity index (χ2v) is 8.55. The van der Waals surface area contributed by atoms with Crippen molar-refractivity contribution in [2.24, 2.45) is 17.8 Å². The summed E-state index contributed by atoms with van der Waals surface area (Å²) in [6.45, 7) is 7.70. The van der Waals surface area contributed by atoms with Gasteiger partial charge in [0.2, 0.25) is 0 Å². The van der Waals surface area contributed by atoms with E-state index in [9.17, 15) is 9.59 Å². The average Bonchev–Trinajstić information content (AvgIpc) is 2.66. The lowest BCUT2D eigenvalue weighted by Gasteiger charge is -2.26. The molecule has 1 saturated carbocycles. The van der Waals surface area contributed by atoms with Crippen LogP contribution in [0.25, 0.3) is 0 Å². The molecule has 4 nitrogen and oxygen atoms in total. The van der Waals surface area contributed by atoms with Gasteiger partial charge in [-0.25, -0.2) is 0 Å². The van der Waals surface area contributed by atoms with E-state index < -0.39 is 0 Å². The molecule has 0 saturated heterocycles. The first-order valence-corrected chi connectivity index (χ1v) is 11.4. The van der Waals surface area contributed by atoms with Gasteiger partial charge in [0.1, 0.15) is 0 Å². The molecule has 2 unspecified atom stereocenters. The van der Waals surface area contributed by atoms with Crippen molar-refractivity contribution < 1.29 is 19.1 Å². The Kier molecular flexibility index (Phi) is 13.3. The monoisotopic (exact) mass is 382 g/mol. The molecule has 4 heteroatoms. The highest BCUT2D eigenvalue weighted by molar-refractivity contribution is 5.76. The summed E-state index contributed by atoms with van der Waals surface area (Å²) in [7, 11) is 0. The van der Waals surface area contributed by atoms with Crippen LogP contribution in [0.3, 0.4) is 0 Å². The summed E-state index contributed by atoms with van der Waals surface area (Å²) >= 11 is 0. The quantitative estimate of drug-likeness (QED) is 0.270. The van der Waals surface area contributed by atoms with Gasteiger partial charge in [-0.15, -0.1) is 0 Å². The van der Waals surface area contributed by atoms with Crippen molar-refractivity contribution in [1.29, 1.82) is 0 Å². The van der Waals surface area contributed by atoms with E-state index in [-0.39, 0.29) is 23.8 Å². The topological polar surface area (TPSA) is 52.6 Å². The minimum absolute atomic E-state index is 0.113. The van der Waals surface area contributed by atoms with Gasteiger partial charge in [-0.3, -0.25) is 9.59 Å². The second-order valence-electron chi connectivity index (χ2n) is 8.55. The number of carbonyl (C=O) groups excluding carboxylic acids is 2. The summed E-state index contributed by atoms with van der Waals surface area (Å²) in [6.07, 6.45) is 13.4. The molecule has 1 fully saturated rings. The molecule has 0 aromatic rings. The van der Waals surface area contributed by atoms with E-state index in [4.69, 9.17) is 9.47 Å². The first kappa shape index (κ1) is 24.0. The minimum Gasteiger partial charge on any atom is -0.465 e. The first-order valence-electron chi connectivity index (χ1n) is 11.4. The van der Waals surface area contributed by atoms with Gasteiger partial charge < -0.3 is 9.47 Å². The molecule has 1 aliphatic rings. The van der Waals surface area contributed by atoms with E-state index in [0.29, 0.717) is 19.6 Å². The van der Waals surface area contributed by atoms with Crippen LogP contribution in [0.4, 0.5) is 0 Å². The third kappa shape index (κ3) is 11.4. The molecule has 1 aliphatic carbocycles. The average molecular weight is 383 g/mol. The predicted molar refractivity (Wildman–Crippen MR) is 109 cm³/mol. The first-order chi connectivity index (χ1) is 13.0. The van der Waals surface area contributed by atoms with Gasteiger partial charge in [-0.05, 0) is 38.0 Å². The largest absolute Gasteiger partial charge is 0.465 e. The van der Waals surface area contributed by atoms with Gasteiger partial charge >= 0.3 is 11.9 Å². The molecule has 2 atom stereocenters. The number of unbranched alkanes of at least 4 members (excludes halogenated alkanes) is 6. The summed E-state index contributed by atoms with van der Waals surface area (Å²) in [6, 6.07) is 0. The molecule has 0 radical (unpaired) electrons. The zero-order valence-electron chi connectivity index (χ0n) is 18.0. The Morgan fingerprint density at radius 1 is 0.815 bits per heavy atom. The van der Waals surface area contributed by atoms with Gasteiger partial charge in [0, 0.05) is 0 Å². The van der Waals surface area contributed by atoms with E-state index in [0.717, 1.165) is 50.9 Å². The van der Waals surface area contributed by atoms with E-state index in [1.54, 1.807) is 0 Å². The lowest BCUT2D eigenvalue weighted by molar-refractivity contribution is -0.155. The van der Waals surface area contributed by atoms with Gasteiger partial charge in [0.25, 0.3) is 0 Å². The Balaban J connectivity index is 2.15. The smallest absolute Gasteiger partial charge is 0.308 e. The maximum atomic E-state index is 12.3. The maximum Gasteiger partial charge on any atom is 0.308 e. The highest BCUT2D eigenvalue weighted by Crippen LogP contribution is 2.31. The Morgan fingerprint density at radius 3 is 1.85 bits per heavy atom. The third-order valence-corrected chi connectivity index (χ3v) is 5.50. The molecule has 0 spiro atoms. The summed E-state index contributed by atoms with van der Waals surface area (Å²) in [5.41, 5.74) is 0. The van der Waals surface area contributed by atoms with E-state index >= 15 is 0 Å². The number of hydrogen-bond acceptors (Lipinski definition) is 4. The fourth-order valence-corrected chi connectivity index (χ4v) is 3.74. The van der Waals surface area contributed by atoms with Crippen molar-refractivity contribution in [3.63, 3.8) is 0 Å². The van der Waals surface area contributed by atoms with Crippen molar-refractivity contribution in [2.45, 2.75) is 104 Å². The lowest BCUT2D eigenvalue weighted by Crippen LogP contribution is -2.30. The number of ether oxygens (including phenoxy) is 2. The highest BCUT2D eigenvalue weighted by atomic mass is 16.5. The molecule has 0 aliphatic heterocycles. The molecule has 0 aromatic heterocycles. The van der Waals surface area contributed by atoms with Crippen LogP contribution < -0.4 is 0 Å². The van der Waals surface area contributed by atoms with Crippen molar-refractivity contribution in [2.75, 3.05) is 13.2 Å². The van der Waals surface area contributed by atoms with Crippen LogP contribution in [0.1, 0.15) is 104 Å². The molecule has 27 heavy (non-hydrogen) atoms. The van der Waals surface area contributed by atoms with Gasteiger partial charge in [-0.1, -0.05) is 72.1 Å². The normalized spacial score (nSPS) is 19.9. The zero-order chi connectivity index (χ0) is 19.9. The zero-order valence-corrected chi connectivity index (χ0v) is 18.0. The molecular formula is C23H42O4. The van der Waals surface area contributed by atoms with Crippen LogP contribution in [-0.4, -0.2) is 25.2 Å². The number of rotatable bonds is 14. The summed E-state index contributed by atoms with van der Waals surface area (Å²) in [4.78, 5) is 24.5. The molecule has 0 bridgehead atoms. The number of carbonyl (C=O) groups is 2. The standard InChI is InChI=1S/C23H42O4/c1-4-5-6-10-16-26-22(24)20-14-12-15-21(18-20)23(25)27-17-11-8-7-9-13-19(2)3/h19-21H,4-18H2,1-3H3. The summed E-state index contributed by atoms with van der Waals surface area (Å²) in [5, 5.41) is 0. The van der Waals surface area contributed by atoms with Crippen LogP contribution in [0, 0.1) is 17.8 Å². The molecule has 1 rings (SSSR count). The van der Waals surface area contributed by atoms with Crippen LogP contribution in [0.2, 0.25) is 0 Å². The second kappa shape index (κ2) is 14.9. The lowest BCUT2D eigenvalue weighted by atomic mass is 9.81.